The number of anilines is 2. The summed E-state index contributed by atoms with van der Waals surface area (Å²) in [5, 5.41) is 7.17. The summed E-state index contributed by atoms with van der Waals surface area (Å²) in [5.74, 6) is 0.269. The molecule has 0 saturated carbocycles. The topological polar surface area (TPSA) is 93.1 Å². The van der Waals surface area contributed by atoms with E-state index >= 15 is 0 Å². The predicted octanol–water partition coefficient (Wildman–Crippen LogP) is 4.32. The van der Waals surface area contributed by atoms with Gasteiger partial charge in [0.25, 0.3) is 15.9 Å². The highest BCUT2D eigenvalue weighted by molar-refractivity contribution is 7.92. The second-order valence-electron chi connectivity index (χ2n) is 8.00. The Morgan fingerprint density at radius 3 is 2.10 bits per heavy atom. The smallest absolute Gasteiger partial charge is 0.262 e. The number of hydrogen-bond donors (Lipinski definition) is 2. The number of aryl methyl sites for hydroxylation is 6. The molecule has 7 nitrogen and oxygen atoms in total. The molecular formula is C23H28N4O3S. The van der Waals surface area contributed by atoms with Crippen LogP contribution in [0.25, 0.3) is 0 Å². The van der Waals surface area contributed by atoms with Crippen LogP contribution in [0.15, 0.2) is 35.2 Å². The molecule has 3 rings (SSSR count). The molecule has 3 aromatic rings. The molecule has 2 aromatic carbocycles. The van der Waals surface area contributed by atoms with Gasteiger partial charge in [0.2, 0.25) is 0 Å². The van der Waals surface area contributed by atoms with E-state index in [0.717, 1.165) is 22.4 Å². The fourth-order valence-electron chi connectivity index (χ4n) is 3.78. The van der Waals surface area contributed by atoms with E-state index in [1.54, 1.807) is 50.7 Å². The SMILES string of the molecule is Cc1cc(C)c(S(=O)(=O)Nc2cc(C(=O)Nc3c(C)c(C)nn3C)ccc2C)c(C)c1. The van der Waals surface area contributed by atoms with Crippen LogP contribution >= 0.6 is 0 Å². The van der Waals surface area contributed by atoms with E-state index in [0.29, 0.717) is 28.2 Å². The molecular weight excluding hydrogens is 412 g/mol. The number of nitrogens with one attached hydrogen (secondary N) is 2. The van der Waals surface area contributed by atoms with Crippen molar-refractivity contribution in [2.45, 2.75) is 46.4 Å². The van der Waals surface area contributed by atoms with E-state index in [9.17, 15) is 13.2 Å². The second-order valence-corrected chi connectivity index (χ2v) is 9.62. The van der Waals surface area contributed by atoms with Crippen LogP contribution in [0.3, 0.4) is 0 Å². The number of amides is 1. The minimum Gasteiger partial charge on any atom is -0.307 e. The molecule has 0 atom stereocenters. The molecule has 31 heavy (non-hydrogen) atoms. The molecule has 0 bridgehead atoms. The minimum absolute atomic E-state index is 0.258. The number of benzene rings is 2. The summed E-state index contributed by atoms with van der Waals surface area (Å²) in [6, 6.07) is 8.64. The Morgan fingerprint density at radius 1 is 0.935 bits per heavy atom. The van der Waals surface area contributed by atoms with Crippen molar-refractivity contribution in [2.24, 2.45) is 7.05 Å². The molecule has 8 heteroatoms. The third-order valence-corrected chi connectivity index (χ3v) is 7.04. The van der Waals surface area contributed by atoms with Gasteiger partial charge in [-0.15, -0.1) is 0 Å². The first-order valence-corrected chi connectivity index (χ1v) is 11.4. The lowest BCUT2D eigenvalue weighted by Gasteiger charge is -2.16. The summed E-state index contributed by atoms with van der Waals surface area (Å²) >= 11 is 0. The Morgan fingerprint density at radius 2 is 1.55 bits per heavy atom. The van der Waals surface area contributed by atoms with Crippen LogP contribution in [-0.2, 0) is 17.1 Å². The van der Waals surface area contributed by atoms with Gasteiger partial charge in [-0.05, 0) is 70.4 Å². The number of sulfonamides is 1. The standard InChI is InChI=1S/C23H28N4O3S/c1-13-10-15(3)21(16(4)11-13)31(29,30)26-20-12-19(9-8-14(20)2)23(28)24-22-17(5)18(6)25-27(22)7/h8-12,26H,1-7H3,(H,24,28). The second kappa shape index (κ2) is 8.19. The Balaban J connectivity index is 1.94. The molecule has 0 saturated heterocycles. The summed E-state index contributed by atoms with van der Waals surface area (Å²) < 4.78 is 30.6. The number of aromatic nitrogens is 2. The van der Waals surface area contributed by atoms with Gasteiger partial charge in [0, 0.05) is 18.2 Å². The van der Waals surface area contributed by atoms with Crippen LogP contribution in [-0.4, -0.2) is 24.1 Å². The molecule has 0 aliphatic carbocycles. The van der Waals surface area contributed by atoms with E-state index in [-0.39, 0.29) is 10.8 Å². The van der Waals surface area contributed by atoms with Crippen LogP contribution < -0.4 is 10.0 Å². The Kier molecular flexibility index (Phi) is 5.96. The lowest BCUT2D eigenvalue weighted by molar-refractivity contribution is 0.102. The monoisotopic (exact) mass is 440 g/mol. The Labute approximate surface area is 183 Å². The number of nitrogens with zero attached hydrogens (tertiary/aromatic N) is 2. The number of carbonyl (C=O) groups is 1. The van der Waals surface area contributed by atoms with Crippen molar-refractivity contribution in [3.63, 3.8) is 0 Å². The molecule has 0 spiro atoms. The largest absolute Gasteiger partial charge is 0.307 e. The maximum absolute atomic E-state index is 13.1. The van der Waals surface area contributed by atoms with Crippen LogP contribution in [0.2, 0.25) is 0 Å². The van der Waals surface area contributed by atoms with Crippen LogP contribution in [0.4, 0.5) is 11.5 Å². The molecule has 2 N–H and O–H groups in total. The van der Waals surface area contributed by atoms with Gasteiger partial charge in [-0.25, -0.2) is 8.42 Å². The maximum atomic E-state index is 13.1. The van der Waals surface area contributed by atoms with E-state index in [1.165, 1.54) is 0 Å². The summed E-state index contributed by atoms with van der Waals surface area (Å²) in [4.78, 5) is 13.1. The van der Waals surface area contributed by atoms with E-state index < -0.39 is 10.0 Å². The van der Waals surface area contributed by atoms with E-state index in [1.807, 2.05) is 32.9 Å². The quantitative estimate of drug-likeness (QED) is 0.618. The average molecular weight is 441 g/mol. The minimum atomic E-state index is -3.82. The zero-order chi connectivity index (χ0) is 23.1. The van der Waals surface area contributed by atoms with Gasteiger partial charge < -0.3 is 5.32 Å². The summed E-state index contributed by atoms with van der Waals surface area (Å²) in [7, 11) is -2.06. The van der Waals surface area contributed by atoms with E-state index in [2.05, 4.69) is 15.1 Å². The first-order valence-electron chi connectivity index (χ1n) is 9.93. The fraction of sp³-hybridized carbons (Fsp3) is 0.304. The van der Waals surface area contributed by atoms with Gasteiger partial charge in [0.15, 0.2) is 0 Å². The summed E-state index contributed by atoms with van der Waals surface area (Å²) in [5.41, 5.74) is 5.51. The van der Waals surface area contributed by atoms with Gasteiger partial charge in [-0.2, -0.15) is 5.10 Å². The van der Waals surface area contributed by atoms with Crippen molar-refractivity contribution in [3.05, 3.63) is 69.4 Å². The van der Waals surface area contributed by atoms with Crippen molar-refractivity contribution >= 4 is 27.4 Å². The lowest BCUT2D eigenvalue weighted by atomic mass is 10.1. The zero-order valence-electron chi connectivity index (χ0n) is 18.9. The number of hydrogen-bond acceptors (Lipinski definition) is 4. The van der Waals surface area contributed by atoms with Crippen LogP contribution in [0, 0.1) is 41.5 Å². The molecule has 0 aliphatic rings. The van der Waals surface area contributed by atoms with Crippen molar-refractivity contribution in [3.8, 4) is 0 Å². The molecule has 1 aromatic heterocycles. The molecule has 0 aliphatic heterocycles. The highest BCUT2D eigenvalue weighted by Gasteiger charge is 2.22. The first kappa shape index (κ1) is 22.6. The third-order valence-electron chi connectivity index (χ3n) is 5.37. The zero-order valence-corrected chi connectivity index (χ0v) is 19.7. The van der Waals surface area contributed by atoms with Gasteiger partial charge in [-0.1, -0.05) is 23.8 Å². The summed E-state index contributed by atoms with van der Waals surface area (Å²) in [6.45, 7) is 11.1. The molecule has 0 unspecified atom stereocenters. The van der Waals surface area contributed by atoms with Crippen molar-refractivity contribution in [1.82, 2.24) is 9.78 Å². The lowest BCUT2D eigenvalue weighted by Crippen LogP contribution is -2.18. The Hall–Kier alpha value is -3.13. The summed E-state index contributed by atoms with van der Waals surface area (Å²) in [6.07, 6.45) is 0. The molecule has 0 radical (unpaired) electrons. The number of carbonyl (C=O) groups excluding carboxylic acids is 1. The molecule has 1 heterocycles. The van der Waals surface area contributed by atoms with Gasteiger partial charge >= 0.3 is 0 Å². The maximum Gasteiger partial charge on any atom is 0.262 e. The Bertz CT molecular complexity index is 1270. The van der Waals surface area contributed by atoms with Gasteiger partial charge in [0.1, 0.15) is 5.82 Å². The molecule has 164 valence electrons. The van der Waals surface area contributed by atoms with Gasteiger partial charge in [0.05, 0.1) is 16.3 Å². The highest BCUT2D eigenvalue weighted by atomic mass is 32.2. The van der Waals surface area contributed by atoms with Crippen molar-refractivity contribution in [1.29, 1.82) is 0 Å². The van der Waals surface area contributed by atoms with Gasteiger partial charge in [-0.3, -0.25) is 14.2 Å². The number of rotatable bonds is 5. The predicted molar refractivity (Wildman–Crippen MR) is 123 cm³/mol. The van der Waals surface area contributed by atoms with E-state index in [4.69, 9.17) is 0 Å². The normalized spacial score (nSPS) is 11.5. The average Bonchev–Trinajstić information content (AvgIpc) is 2.88. The third kappa shape index (κ3) is 4.49. The highest BCUT2D eigenvalue weighted by Crippen LogP contribution is 2.27. The first-order chi connectivity index (χ1) is 14.4. The fourth-order valence-corrected chi connectivity index (χ4v) is 5.36. The molecule has 1 amide bonds. The van der Waals surface area contributed by atoms with Crippen LogP contribution in [0.1, 0.15) is 43.9 Å². The van der Waals surface area contributed by atoms with Crippen LogP contribution in [0.5, 0.6) is 0 Å². The molecule has 0 fully saturated rings. The van der Waals surface area contributed by atoms with Crippen molar-refractivity contribution < 1.29 is 13.2 Å². The van der Waals surface area contributed by atoms with Crippen molar-refractivity contribution in [2.75, 3.05) is 10.0 Å².